The summed E-state index contributed by atoms with van der Waals surface area (Å²) in [6.07, 6.45) is -0.815. The van der Waals surface area contributed by atoms with E-state index in [1.807, 2.05) is 20.8 Å². The molecule has 4 N–H and O–H groups in total. The molecule has 0 radical (unpaired) electrons. The van der Waals surface area contributed by atoms with E-state index >= 15 is 0 Å². The highest BCUT2D eigenvalue weighted by Gasteiger charge is 2.13. The molecule has 2 unspecified atom stereocenters. The van der Waals surface area contributed by atoms with Crippen LogP contribution in [0.1, 0.15) is 52.6 Å². The third-order valence-corrected chi connectivity index (χ3v) is 4.12. The van der Waals surface area contributed by atoms with Gasteiger partial charge in [0.1, 0.15) is 0 Å². The summed E-state index contributed by atoms with van der Waals surface area (Å²) in [6, 6.07) is 13.5. The molecular formula is C22H30O6. The molecule has 2 aromatic carbocycles. The minimum Gasteiger partial charge on any atom is -0.478 e. The van der Waals surface area contributed by atoms with Crippen LogP contribution in [0, 0.1) is 19.8 Å². The Morgan fingerprint density at radius 2 is 0.893 bits per heavy atom. The summed E-state index contributed by atoms with van der Waals surface area (Å²) >= 11 is 0. The fourth-order valence-electron chi connectivity index (χ4n) is 1.80. The molecule has 0 heterocycles. The van der Waals surface area contributed by atoms with Crippen molar-refractivity contribution in [3.63, 3.8) is 0 Å². The topological polar surface area (TPSA) is 115 Å². The summed E-state index contributed by atoms with van der Waals surface area (Å²) in [5.74, 6) is -1.77. The average molecular weight is 390 g/mol. The summed E-state index contributed by atoms with van der Waals surface area (Å²) < 4.78 is 0. The predicted molar refractivity (Wildman–Crippen MR) is 109 cm³/mol. The van der Waals surface area contributed by atoms with Gasteiger partial charge in [0.25, 0.3) is 0 Å². The Morgan fingerprint density at radius 1 is 0.643 bits per heavy atom. The maximum absolute atomic E-state index is 10.3. The lowest BCUT2D eigenvalue weighted by Gasteiger charge is -2.16. The van der Waals surface area contributed by atoms with Crippen LogP contribution in [-0.4, -0.2) is 44.6 Å². The zero-order valence-electron chi connectivity index (χ0n) is 17.0. The molecule has 0 saturated carbocycles. The molecule has 6 heteroatoms. The molecule has 28 heavy (non-hydrogen) atoms. The van der Waals surface area contributed by atoms with Crippen molar-refractivity contribution in [1.29, 1.82) is 0 Å². The summed E-state index contributed by atoms with van der Waals surface area (Å²) in [4.78, 5) is 20.6. The van der Waals surface area contributed by atoms with Crippen molar-refractivity contribution in [1.82, 2.24) is 0 Å². The first kappa shape index (κ1) is 25.3. The molecule has 6 nitrogen and oxygen atoms in total. The van der Waals surface area contributed by atoms with Gasteiger partial charge in [0.15, 0.2) is 0 Å². The maximum Gasteiger partial charge on any atom is 0.335 e. The van der Waals surface area contributed by atoms with Gasteiger partial charge in [-0.05, 0) is 52.0 Å². The van der Waals surface area contributed by atoms with Crippen molar-refractivity contribution < 1.29 is 30.0 Å². The fraction of sp³-hybridized carbons (Fsp3) is 0.364. The molecule has 0 aliphatic carbocycles. The van der Waals surface area contributed by atoms with Crippen LogP contribution in [0.25, 0.3) is 0 Å². The smallest absolute Gasteiger partial charge is 0.335 e. The first-order valence-corrected chi connectivity index (χ1v) is 8.91. The van der Waals surface area contributed by atoms with Crippen molar-refractivity contribution in [3.05, 3.63) is 70.8 Å². The Hall–Kier alpha value is -2.70. The van der Waals surface area contributed by atoms with Gasteiger partial charge < -0.3 is 20.4 Å². The van der Waals surface area contributed by atoms with Crippen molar-refractivity contribution in [2.24, 2.45) is 5.92 Å². The molecule has 0 fully saturated rings. The number of aliphatic hydroxyl groups excluding tert-OH is 2. The van der Waals surface area contributed by atoms with Crippen molar-refractivity contribution >= 4 is 11.9 Å². The van der Waals surface area contributed by atoms with E-state index < -0.39 is 24.1 Å². The van der Waals surface area contributed by atoms with E-state index in [1.165, 1.54) is 0 Å². The number of carboxylic acid groups (broad SMARTS) is 2. The SMILES string of the molecule is CC(O)C(C)C(C)O.Cc1ccc(C(=O)O)cc1.Cc1ccc(C(=O)O)cc1. The van der Waals surface area contributed by atoms with Crippen LogP contribution < -0.4 is 0 Å². The predicted octanol–water partition coefficient (Wildman–Crippen LogP) is 3.77. The van der Waals surface area contributed by atoms with Crippen LogP contribution in [0.15, 0.2) is 48.5 Å². The lowest BCUT2D eigenvalue weighted by Crippen LogP contribution is -2.24. The Balaban J connectivity index is 0.000000394. The van der Waals surface area contributed by atoms with Crippen LogP contribution in [-0.2, 0) is 0 Å². The van der Waals surface area contributed by atoms with E-state index in [-0.39, 0.29) is 5.92 Å². The second kappa shape index (κ2) is 12.6. The van der Waals surface area contributed by atoms with Gasteiger partial charge in [0.2, 0.25) is 0 Å². The van der Waals surface area contributed by atoms with Gasteiger partial charge in [-0.3, -0.25) is 0 Å². The number of carbonyl (C=O) groups is 2. The number of hydrogen-bond donors (Lipinski definition) is 4. The van der Waals surface area contributed by atoms with Gasteiger partial charge in [0.05, 0.1) is 23.3 Å². The molecule has 0 spiro atoms. The molecule has 154 valence electrons. The van der Waals surface area contributed by atoms with Crippen molar-refractivity contribution in [2.45, 2.75) is 46.8 Å². The number of carboxylic acids is 2. The molecule has 2 aromatic rings. The summed E-state index contributed by atoms with van der Waals surface area (Å²) in [5, 5.41) is 34.6. The van der Waals surface area contributed by atoms with Gasteiger partial charge >= 0.3 is 11.9 Å². The quantitative estimate of drug-likeness (QED) is 0.632. The second-order valence-corrected chi connectivity index (χ2v) is 6.68. The van der Waals surface area contributed by atoms with E-state index in [9.17, 15) is 9.59 Å². The van der Waals surface area contributed by atoms with E-state index in [2.05, 4.69) is 0 Å². The second-order valence-electron chi connectivity index (χ2n) is 6.68. The van der Waals surface area contributed by atoms with Gasteiger partial charge in [-0.15, -0.1) is 0 Å². The van der Waals surface area contributed by atoms with E-state index in [1.54, 1.807) is 62.4 Å². The number of benzene rings is 2. The van der Waals surface area contributed by atoms with E-state index in [4.69, 9.17) is 20.4 Å². The minimum absolute atomic E-state index is 0.0185. The third-order valence-electron chi connectivity index (χ3n) is 4.12. The molecule has 0 bridgehead atoms. The zero-order chi connectivity index (χ0) is 21.9. The zero-order valence-corrected chi connectivity index (χ0v) is 17.0. The standard InChI is InChI=1S/2C8H8O2.C6H14O2/c2*1-6-2-4-7(5-3-6)8(9)10;1-4(5(2)7)6(3)8/h2*2-5H,1H3,(H,9,10);4-8H,1-3H3. The fourth-order valence-corrected chi connectivity index (χ4v) is 1.80. The van der Waals surface area contributed by atoms with Crippen LogP contribution >= 0.6 is 0 Å². The molecule has 2 atom stereocenters. The third kappa shape index (κ3) is 10.4. The highest BCUT2D eigenvalue weighted by atomic mass is 16.4. The summed E-state index contributed by atoms with van der Waals surface area (Å²) in [5.41, 5.74) is 2.83. The maximum atomic E-state index is 10.3. The lowest BCUT2D eigenvalue weighted by molar-refractivity contribution is 0.0420. The highest BCUT2D eigenvalue weighted by molar-refractivity contribution is 5.87. The van der Waals surface area contributed by atoms with Crippen LogP contribution in [0.4, 0.5) is 0 Å². The average Bonchev–Trinajstić information content (AvgIpc) is 2.62. The molecule has 0 amide bonds. The largest absolute Gasteiger partial charge is 0.478 e. The Labute approximate surface area is 166 Å². The monoisotopic (exact) mass is 390 g/mol. The molecular weight excluding hydrogens is 360 g/mol. The first-order valence-electron chi connectivity index (χ1n) is 8.91. The number of rotatable bonds is 4. The van der Waals surface area contributed by atoms with E-state index in [0.717, 1.165) is 11.1 Å². The summed E-state index contributed by atoms with van der Waals surface area (Å²) in [6.45, 7) is 9.02. The van der Waals surface area contributed by atoms with Gasteiger partial charge in [-0.2, -0.15) is 0 Å². The van der Waals surface area contributed by atoms with Gasteiger partial charge in [-0.1, -0.05) is 42.3 Å². The number of aryl methyl sites for hydroxylation is 2. The minimum atomic E-state index is -0.875. The Morgan fingerprint density at radius 3 is 1.04 bits per heavy atom. The lowest BCUT2D eigenvalue weighted by atomic mass is 10.0. The molecule has 2 rings (SSSR count). The molecule has 0 aliphatic rings. The van der Waals surface area contributed by atoms with Crippen LogP contribution in [0.5, 0.6) is 0 Å². The Bertz CT molecular complexity index is 654. The Kier molecular flexibility index (Phi) is 11.4. The number of aliphatic hydroxyl groups is 2. The molecule has 0 saturated heterocycles. The number of aromatic carboxylic acids is 2. The van der Waals surface area contributed by atoms with E-state index in [0.29, 0.717) is 11.1 Å². The summed E-state index contributed by atoms with van der Waals surface area (Å²) in [7, 11) is 0. The molecule has 0 aromatic heterocycles. The van der Waals surface area contributed by atoms with Crippen LogP contribution in [0.2, 0.25) is 0 Å². The van der Waals surface area contributed by atoms with Crippen molar-refractivity contribution in [2.75, 3.05) is 0 Å². The normalized spacial score (nSPS) is 13.0. The van der Waals surface area contributed by atoms with Gasteiger partial charge in [-0.25, -0.2) is 9.59 Å². The highest BCUT2D eigenvalue weighted by Crippen LogP contribution is 2.06. The number of hydrogen-bond acceptors (Lipinski definition) is 4. The van der Waals surface area contributed by atoms with Crippen LogP contribution in [0.3, 0.4) is 0 Å². The van der Waals surface area contributed by atoms with Gasteiger partial charge in [0, 0.05) is 5.92 Å². The molecule has 0 aliphatic heterocycles. The van der Waals surface area contributed by atoms with Crippen molar-refractivity contribution in [3.8, 4) is 0 Å². The first-order chi connectivity index (χ1) is 13.0.